The molecule has 0 saturated heterocycles. The summed E-state index contributed by atoms with van der Waals surface area (Å²) in [4.78, 5) is 26.3. The van der Waals surface area contributed by atoms with E-state index in [2.05, 4.69) is 21.2 Å². The van der Waals surface area contributed by atoms with Gasteiger partial charge in [-0.1, -0.05) is 15.9 Å². The van der Waals surface area contributed by atoms with Gasteiger partial charge in [0.05, 0.1) is 13.2 Å². The Kier molecular flexibility index (Phi) is 7.38. The molecule has 0 spiro atoms. The van der Waals surface area contributed by atoms with Gasteiger partial charge in [0.15, 0.2) is 0 Å². The van der Waals surface area contributed by atoms with Crippen LogP contribution in [0, 0.1) is 6.92 Å². The van der Waals surface area contributed by atoms with Gasteiger partial charge in [-0.05, 0) is 62.7 Å². The second-order valence-electron chi connectivity index (χ2n) is 7.60. The summed E-state index contributed by atoms with van der Waals surface area (Å²) in [5.74, 6) is 0.999. The number of hydrogen-bond acceptors (Lipinski definition) is 4. The van der Waals surface area contributed by atoms with Crippen molar-refractivity contribution >= 4 is 39.5 Å². The highest BCUT2D eigenvalue weighted by Crippen LogP contribution is 2.35. The Morgan fingerprint density at radius 2 is 2.10 bits per heavy atom. The molecule has 1 unspecified atom stereocenters. The maximum Gasteiger partial charge on any atom is 0.246 e. The molecule has 6 nitrogen and oxygen atoms in total. The van der Waals surface area contributed by atoms with E-state index in [4.69, 9.17) is 9.47 Å². The van der Waals surface area contributed by atoms with E-state index < -0.39 is 0 Å². The summed E-state index contributed by atoms with van der Waals surface area (Å²) in [5.41, 5.74) is 3.54. The Balaban J connectivity index is 1.65. The van der Waals surface area contributed by atoms with Crippen molar-refractivity contribution in [3.05, 3.63) is 57.6 Å². The van der Waals surface area contributed by atoms with Gasteiger partial charge in [0.2, 0.25) is 11.8 Å². The predicted molar refractivity (Wildman–Crippen MR) is 126 cm³/mol. The van der Waals surface area contributed by atoms with Crippen LogP contribution in [0.2, 0.25) is 0 Å². The third kappa shape index (κ3) is 5.88. The Labute approximate surface area is 191 Å². The highest BCUT2D eigenvalue weighted by molar-refractivity contribution is 9.10. The molecule has 1 N–H and O–H groups in total. The van der Waals surface area contributed by atoms with Gasteiger partial charge in [-0.25, -0.2) is 0 Å². The van der Waals surface area contributed by atoms with Gasteiger partial charge in [0.1, 0.15) is 17.6 Å². The number of ether oxygens (including phenoxy) is 2. The van der Waals surface area contributed by atoms with Crippen molar-refractivity contribution in [3.8, 4) is 11.5 Å². The number of aryl methyl sites for hydroxylation is 1. The SMILES string of the molecule is CCOc1cc2c(cc1/C=C/C(=O)N(C)CC(=O)Nc1ccc(Br)cc1C)OC(C)C2. The first-order valence-corrected chi connectivity index (χ1v) is 11.0. The molecule has 1 heterocycles. The molecule has 1 aliphatic rings. The molecule has 2 amide bonds. The largest absolute Gasteiger partial charge is 0.493 e. The van der Waals surface area contributed by atoms with Crippen molar-refractivity contribution in [2.45, 2.75) is 33.3 Å². The maximum atomic E-state index is 12.6. The lowest BCUT2D eigenvalue weighted by atomic mass is 10.1. The molecule has 1 atom stereocenters. The normalized spacial score (nSPS) is 14.8. The van der Waals surface area contributed by atoms with Crippen LogP contribution in [0.3, 0.4) is 0 Å². The molecule has 1 aliphatic heterocycles. The Hall–Kier alpha value is -2.80. The lowest BCUT2D eigenvalue weighted by Crippen LogP contribution is -2.34. The minimum Gasteiger partial charge on any atom is -0.493 e. The van der Waals surface area contributed by atoms with E-state index in [1.807, 2.05) is 51.1 Å². The number of carbonyl (C=O) groups excluding carboxylic acids is 2. The topological polar surface area (TPSA) is 67.9 Å². The highest BCUT2D eigenvalue weighted by atomic mass is 79.9. The zero-order valence-electron chi connectivity index (χ0n) is 18.2. The van der Waals surface area contributed by atoms with E-state index in [1.165, 1.54) is 11.0 Å². The minimum atomic E-state index is -0.278. The fourth-order valence-corrected chi connectivity index (χ4v) is 3.88. The minimum absolute atomic E-state index is 0.0538. The van der Waals surface area contributed by atoms with Gasteiger partial charge in [0, 0.05) is 40.8 Å². The van der Waals surface area contributed by atoms with Crippen molar-refractivity contribution in [1.29, 1.82) is 0 Å². The summed E-state index contributed by atoms with van der Waals surface area (Å²) >= 11 is 3.40. The molecular weight excluding hydrogens is 460 g/mol. The summed E-state index contributed by atoms with van der Waals surface area (Å²) in [6, 6.07) is 9.48. The fraction of sp³-hybridized carbons (Fsp3) is 0.333. The van der Waals surface area contributed by atoms with Gasteiger partial charge in [-0.2, -0.15) is 0 Å². The maximum absolute atomic E-state index is 12.6. The van der Waals surface area contributed by atoms with Crippen molar-refractivity contribution in [2.24, 2.45) is 0 Å². The Morgan fingerprint density at radius 1 is 1.32 bits per heavy atom. The molecule has 0 fully saturated rings. The van der Waals surface area contributed by atoms with Crippen molar-refractivity contribution in [3.63, 3.8) is 0 Å². The monoisotopic (exact) mass is 486 g/mol. The van der Waals surface area contributed by atoms with Crippen LogP contribution in [0.4, 0.5) is 5.69 Å². The number of benzene rings is 2. The number of likely N-dealkylation sites (N-methyl/N-ethyl adjacent to an activating group) is 1. The summed E-state index contributed by atoms with van der Waals surface area (Å²) in [5, 5.41) is 2.84. The van der Waals surface area contributed by atoms with E-state index in [9.17, 15) is 9.59 Å². The molecule has 2 aromatic carbocycles. The summed E-state index contributed by atoms with van der Waals surface area (Å²) in [6.45, 7) is 6.33. The van der Waals surface area contributed by atoms with Crippen LogP contribution in [-0.4, -0.2) is 43.0 Å². The second kappa shape index (κ2) is 10.0. The van der Waals surface area contributed by atoms with E-state index in [0.717, 1.165) is 39.0 Å². The number of nitrogens with one attached hydrogen (secondary N) is 1. The second-order valence-corrected chi connectivity index (χ2v) is 8.51. The number of anilines is 1. The van der Waals surface area contributed by atoms with Gasteiger partial charge < -0.3 is 19.7 Å². The zero-order valence-corrected chi connectivity index (χ0v) is 19.8. The Bertz CT molecular complexity index is 1020. The predicted octanol–water partition coefficient (Wildman–Crippen LogP) is 4.59. The molecule has 31 heavy (non-hydrogen) atoms. The molecule has 0 aliphatic carbocycles. The average molecular weight is 487 g/mol. The average Bonchev–Trinajstić information content (AvgIpc) is 3.07. The first-order chi connectivity index (χ1) is 14.8. The number of rotatable bonds is 7. The number of amides is 2. The number of halogens is 1. The first kappa shape index (κ1) is 22.9. The molecule has 2 aromatic rings. The lowest BCUT2D eigenvalue weighted by Gasteiger charge is -2.16. The van der Waals surface area contributed by atoms with E-state index >= 15 is 0 Å². The summed E-state index contributed by atoms with van der Waals surface area (Å²) < 4.78 is 12.5. The van der Waals surface area contributed by atoms with Crippen LogP contribution in [-0.2, 0) is 16.0 Å². The first-order valence-electron chi connectivity index (χ1n) is 10.2. The third-order valence-corrected chi connectivity index (χ3v) is 5.45. The molecular formula is C24H27BrN2O4. The number of carbonyl (C=O) groups is 2. The lowest BCUT2D eigenvalue weighted by molar-refractivity contribution is -0.129. The standard InChI is InChI=1S/C24H27BrN2O4/c1-5-30-21-13-18-11-16(3)31-22(18)12-17(21)6-9-24(29)27(4)14-23(28)26-20-8-7-19(25)10-15(20)2/h6-10,12-13,16H,5,11,14H2,1-4H3,(H,26,28)/b9-6+. The highest BCUT2D eigenvalue weighted by Gasteiger charge is 2.21. The molecule has 0 bridgehead atoms. The molecule has 0 aromatic heterocycles. The number of fused-ring (bicyclic) bond motifs is 1. The molecule has 0 radical (unpaired) electrons. The zero-order chi connectivity index (χ0) is 22.5. The third-order valence-electron chi connectivity index (χ3n) is 4.95. The Morgan fingerprint density at radius 3 is 2.81 bits per heavy atom. The fourth-order valence-electron chi connectivity index (χ4n) is 3.40. The van der Waals surface area contributed by atoms with Crippen LogP contribution in [0.5, 0.6) is 11.5 Å². The van der Waals surface area contributed by atoms with Crippen molar-refractivity contribution in [1.82, 2.24) is 4.90 Å². The van der Waals surface area contributed by atoms with Gasteiger partial charge in [0.25, 0.3) is 0 Å². The van der Waals surface area contributed by atoms with Crippen LogP contribution in [0.15, 0.2) is 40.9 Å². The van der Waals surface area contributed by atoms with E-state index in [1.54, 1.807) is 13.1 Å². The number of nitrogens with zero attached hydrogens (tertiary/aromatic N) is 1. The van der Waals surface area contributed by atoms with E-state index in [0.29, 0.717) is 12.4 Å². The van der Waals surface area contributed by atoms with Crippen molar-refractivity contribution < 1.29 is 19.1 Å². The summed E-state index contributed by atoms with van der Waals surface area (Å²) in [6.07, 6.45) is 4.12. The molecule has 7 heteroatoms. The van der Waals surface area contributed by atoms with Gasteiger partial charge >= 0.3 is 0 Å². The van der Waals surface area contributed by atoms with E-state index in [-0.39, 0.29) is 24.5 Å². The van der Waals surface area contributed by atoms with Crippen LogP contribution in [0.1, 0.15) is 30.5 Å². The number of hydrogen-bond donors (Lipinski definition) is 1. The smallest absolute Gasteiger partial charge is 0.246 e. The quantitative estimate of drug-likeness (QED) is 0.581. The van der Waals surface area contributed by atoms with Gasteiger partial charge in [-0.3, -0.25) is 9.59 Å². The van der Waals surface area contributed by atoms with Crippen LogP contribution < -0.4 is 14.8 Å². The van der Waals surface area contributed by atoms with Crippen molar-refractivity contribution in [2.75, 3.05) is 25.5 Å². The molecule has 0 saturated carbocycles. The molecule has 3 rings (SSSR count). The molecule has 164 valence electrons. The summed E-state index contributed by atoms with van der Waals surface area (Å²) in [7, 11) is 1.59. The van der Waals surface area contributed by atoms with Crippen LogP contribution in [0.25, 0.3) is 6.08 Å². The van der Waals surface area contributed by atoms with Gasteiger partial charge in [-0.15, -0.1) is 0 Å². The van der Waals surface area contributed by atoms with Crippen LogP contribution >= 0.6 is 15.9 Å².